The third-order valence-electron chi connectivity index (χ3n) is 4.57. The van der Waals surface area contributed by atoms with Crippen LogP contribution < -0.4 is 0 Å². The molecular formula is C24H16FNO. The third kappa shape index (κ3) is 2.87. The molecule has 3 aromatic carbocycles. The largest absolute Gasteiger partial charge is 0.456 e. The SMILES string of the molecule is [2H]C([2H])(c1ccccc1)c1cccc2oc3ccc(-c4cc(F)ccn4)cc3c12. The van der Waals surface area contributed by atoms with Crippen molar-refractivity contribution in [2.24, 2.45) is 0 Å². The molecule has 2 nitrogen and oxygen atoms in total. The molecule has 0 aliphatic heterocycles. The number of rotatable bonds is 3. The summed E-state index contributed by atoms with van der Waals surface area (Å²) in [6.45, 7) is 0. The first-order valence-electron chi connectivity index (χ1n) is 9.67. The van der Waals surface area contributed by atoms with Crippen LogP contribution in [0.2, 0.25) is 0 Å². The van der Waals surface area contributed by atoms with Crippen molar-refractivity contribution in [3.05, 3.63) is 102 Å². The lowest BCUT2D eigenvalue weighted by atomic mass is 9.98. The summed E-state index contributed by atoms with van der Waals surface area (Å²) in [4.78, 5) is 4.26. The Morgan fingerprint density at radius 1 is 0.889 bits per heavy atom. The van der Waals surface area contributed by atoms with Crippen LogP contribution in [0.25, 0.3) is 33.2 Å². The second-order valence-corrected chi connectivity index (χ2v) is 6.34. The molecule has 5 rings (SSSR count). The summed E-state index contributed by atoms with van der Waals surface area (Å²) >= 11 is 0. The highest BCUT2D eigenvalue weighted by Crippen LogP contribution is 2.34. The van der Waals surface area contributed by atoms with Gasteiger partial charge >= 0.3 is 0 Å². The molecule has 0 fully saturated rings. The van der Waals surface area contributed by atoms with Crippen LogP contribution in [-0.2, 0) is 6.37 Å². The summed E-state index contributed by atoms with van der Waals surface area (Å²) in [7, 11) is 0. The number of furan rings is 1. The Bertz CT molecular complexity index is 1350. The minimum atomic E-state index is -1.70. The Morgan fingerprint density at radius 2 is 1.78 bits per heavy atom. The average molecular weight is 355 g/mol. The number of aromatic nitrogens is 1. The fraction of sp³-hybridized carbons (Fsp3) is 0.0417. The van der Waals surface area contributed by atoms with Gasteiger partial charge in [-0.1, -0.05) is 42.5 Å². The lowest BCUT2D eigenvalue weighted by Crippen LogP contribution is -1.89. The van der Waals surface area contributed by atoms with Crippen molar-refractivity contribution in [1.82, 2.24) is 4.98 Å². The number of pyridine rings is 1. The van der Waals surface area contributed by atoms with E-state index in [2.05, 4.69) is 4.98 Å². The molecule has 0 saturated heterocycles. The molecular weight excluding hydrogens is 337 g/mol. The van der Waals surface area contributed by atoms with Crippen molar-refractivity contribution < 1.29 is 11.5 Å². The maximum absolute atomic E-state index is 13.7. The Morgan fingerprint density at radius 3 is 2.63 bits per heavy atom. The van der Waals surface area contributed by atoms with Crippen LogP contribution in [0.1, 0.15) is 13.9 Å². The highest BCUT2D eigenvalue weighted by atomic mass is 19.1. The normalized spacial score (nSPS) is 12.9. The number of nitrogens with zero attached hydrogens (tertiary/aromatic N) is 1. The highest BCUT2D eigenvalue weighted by molar-refractivity contribution is 6.08. The molecule has 0 spiro atoms. The molecule has 0 saturated carbocycles. The molecule has 27 heavy (non-hydrogen) atoms. The molecule has 0 radical (unpaired) electrons. The Balaban J connectivity index is 1.78. The van der Waals surface area contributed by atoms with Crippen molar-refractivity contribution >= 4 is 21.9 Å². The van der Waals surface area contributed by atoms with E-state index in [1.165, 1.54) is 18.3 Å². The van der Waals surface area contributed by atoms with E-state index < -0.39 is 6.37 Å². The Hall–Kier alpha value is -3.46. The first kappa shape index (κ1) is 13.7. The van der Waals surface area contributed by atoms with Gasteiger partial charge in [-0.05, 0) is 47.8 Å². The van der Waals surface area contributed by atoms with Crippen LogP contribution >= 0.6 is 0 Å². The second kappa shape index (κ2) is 6.36. The first-order valence-corrected chi connectivity index (χ1v) is 8.67. The fourth-order valence-corrected chi connectivity index (χ4v) is 3.33. The van der Waals surface area contributed by atoms with Crippen molar-refractivity contribution in [2.75, 3.05) is 0 Å². The number of fused-ring (bicyclic) bond motifs is 3. The molecule has 5 aromatic rings. The molecule has 0 atom stereocenters. The summed E-state index contributed by atoms with van der Waals surface area (Å²) in [5, 5.41) is 1.49. The van der Waals surface area contributed by atoms with Crippen LogP contribution in [-0.4, -0.2) is 4.98 Å². The van der Waals surface area contributed by atoms with Crippen molar-refractivity contribution in [3.8, 4) is 11.3 Å². The van der Waals surface area contributed by atoms with E-state index in [1.54, 1.807) is 24.3 Å². The molecule has 130 valence electrons. The smallest absolute Gasteiger partial charge is 0.135 e. The zero-order valence-corrected chi connectivity index (χ0v) is 14.3. The monoisotopic (exact) mass is 355 g/mol. The van der Waals surface area contributed by atoms with Crippen LogP contribution in [0.15, 0.2) is 89.5 Å². The minimum Gasteiger partial charge on any atom is -0.456 e. The maximum atomic E-state index is 13.7. The van der Waals surface area contributed by atoms with Crippen LogP contribution in [0.4, 0.5) is 4.39 Å². The van der Waals surface area contributed by atoms with Crippen molar-refractivity contribution in [3.63, 3.8) is 0 Å². The van der Waals surface area contributed by atoms with Gasteiger partial charge in [-0.15, -0.1) is 0 Å². The average Bonchev–Trinajstić information content (AvgIpc) is 3.12. The van der Waals surface area contributed by atoms with E-state index in [0.717, 1.165) is 16.3 Å². The molecule has 0 N–H and O–H groups in total. The van der Waals surface area contributed by atoms with Crippen LogP contribution in [0.3, 0.4) is 0 Å². The van der Waals surface area contributed by atoms with Gasteiger partial charge in [0, 0.05) is 31.3 Å². The van der Waals surface area contributed by atoms with Gasteiger partial charge in [0.1, 0.15) is 17.0 Å². The summed E-state index contributed by atoms with van der Waals surface area (Å²) in [6.07, 6.45) is -0.271. The van der Waals surface area contributed by atoms with E-state index >= 15 is 0 Å². The quantitative estimate of drug-likeness (QED) is 0.375. The van der Waals surface area contributed by atoms with Crippen molar-refractivity contribution in [2.45, 2.75) is 6.37 Å². The molecule has 0 aliphatic carbocycles. The molecule has 2 aromatic heterocycles. The van der Waals surface area contributed by atoms with Gasteiger partial charge in [0.05, 0.1) is 5.69 Å². The van der Waals surface area contributed by atoms with E-state index in [-0.39, 0.29) is 5.82 Å². The third-order valence-corrected chi connectivity index (χ3v) is 4.57. The number of hydrogen-bond donors (Lipinski definition) is 0. The predicted octanol–water partition coefficient (Wildman–Crippen LogP) is 6.38. The summed E-state index contributed by atoms with van der Waals surface area (Å²) < 4.78 is 37.3. The van der Waals surface area contributed by atoms with Gasteiger partial charge in [0.2, 0.25) is 0 Å². The zero-order valence-electron chi connectivity index (χ0n) is 16.3. The Labute approximate surface area is 158 Å². The molecule has 3 heteroatoms. The van der Waals surface area contributed by atoms with Crippen LogP contribution in [0, 0.1) is 5.82 Å². The molecule has 0 amide bonds. The first-order chi connectivity index (χ1) is 14.0. The summed E-state index contributed by atoms with van der Waals surface area (Å²) in [6, 6.07) is 22.7. The maximum Gasteiger partial charge on any atom is 0.135 e. The minimum absolute atomic E-state index is 0.353. The van der Waals surface area contributed by atoms with E-state index in [1.807, 2.05) is 42.5 Å². The van der Waals surface area contributed by atoms with Gasteiger partial charge in [0.25, 0.3) is 0 Å². The molecule has 0 aliphatic rings. The van der Waals surface area contributed by atoms with Crippen LogP contribution in [0.5, 0.6) is 0 Å². The van der Waals surface area contributed by atoms with E-state index in [0.29, 0.717) is 28.0 Å². The standard InChI is InChI=1S/C24H16FNO/c25-19-11-12-26-21(15-19)17-9-10-22-20(14-17)24-18(7-4-8-23(24)27-22)13-16-5-2-1-3-6-16/h1-12,14-15H,13H2/i13D2. The van der Waals surface area contributed by atoms with Gasteiger partial charge in [-0.25, -0.2) is 4.39 Å². The summed E-state index contributed by atoms with van der Waals surface area (Å²) in [5.41, 5.74) is 3.63. The Kier molecular flexibility index (Phi) is 3.23. The highest BCUT2D eigenvalue weighted by Gasteiger charge is 2.13. The molecule has 2 heterocycles. The van der Waals surface area contributed by atoms with E-state index in [4.69, 9.17) is 7.16 Å². The molecule has 0 unspecified atom stereocenters. The van der Waals surface area contributed by atoms with Gasteiger partial charge in [-0.2, -0.15) is 0 Å². The lowest BCUT2D eigenvalue weighted by molar-refractivity contribution is 0.626. The summed E-state index contributed by atoms with van der Waals surface area (Å²) in [5.74, 6) is -0.353. The van der Waals surface area contributed by atoms with E-state index in [9.17, 15) is 4.39 Å². The number of hydrogen-bond acceptors (Lipinski definition) is 2. The number of halogens is 1. The van der Waals surface area contributed by atoms with Crippen molar-refractivity contribution in [1.29, 1.82) is 0 Å². The zero-order chi connectivity index (χ0) is 20.0. The van der Waals surface area contributed by atoms with Gasteiger partial charge in [-0.3, -0.25) is 4.98 Å². The topological polar surface area (TPSA) is 26.0 Å². The van der Waals surface area contributed by atoms with Gasteiger partial charge in [0.15, 0.2) is 0 Å². The van der Waals surface area contributed by atoms with Gasteiger partial charge < -0.3 is 4.42 Å². The second-order valence-electron chi connectivity index (χ2n) is 6.34. The predicted molar refractivity (Wildman–Crippen MR) is 106 cm³/mol. The number of benzene rings is 3. The molecule has 0 bridgehead atoms. The lowest BCUT2D eigenvalue weighted by Gasteiger charge is -2.05. The fourth-order valence-electron chi connectivity index (χ4n) is 3.33.